The Morgan fingerprint density at radius 1 is 0.852 bits per heavy atom. The molecule has 1 aliphatic heterocycles. The first-order chi connectivity index (χ1) is 13.3. The van der Waals surface area contributed by atoms with Crippen molar-refractivity contribution in [1.29, 1.82) is 0 Å². The first-order valence-electron chi connectivity index (χ1n) is 9.90. The molecule has 0 aromatic heterocycles. The van der Waals surface area contributed by atoms with E-state index in [1.807, 2.05) is 6.92 Å². The molecule has 0 saturated carbocycles. The lowest BCUT2D eigenvalue weighted by molar-refractivity contribution is 0.0938. The Bertz CT molecular complexity index is 870. The predicted molar refractivity (Wildman–Crippen MR) is 110 cm³/mol. The molecule has 0 N–H and O–H groups in total. The molecule has 3 aromatic carbocycles. The highest BCUT2D eigenvalue weighted by molar-refractivity contribution is 5.86. The van der Waals surface area contributed by atoms with Gasteiger partial charge in [-0.3, -0.25) is 4.90 Å². The number of benzene rings is 3. The van der Waals surface area contributed by atoms with Gasteiger partial charge in [0.15, 0.2) is 11.5 Å². The molecule has 0 spiro atoms. The average Bonchev–Trinajstić information content (AvgIpc) is 2.71. The summed E-state index contributed by atoms with van der Waals surface area (Å²) in [6, 6.07) is 23.3. The summed E-state index contributed by atoms with van der Waals surface area (Å²) in [4.78, 5) is 2.51. The Labute approximate surface area is 161 Å². The molecule has 3 nitrogen and oxygen atoms in total. The van der Waals surface area contributed by atoms with E-state index in [4.69, 9.17) is 9.47 Å². The molecule has 1 fully saturated rings. The van der Waals surface area contributed by atoms with Crippen LogP contribution in [0.1, 0.15) is 25.3 Å². The van der Waals surface area contributed by atoms with E-state index in [1.54, 1.807) is 0 Å². The smallest absolute Gasteiger partial charge is 0.162 e. The van der Waals surface area contributed by atoms with Gasteiger partial charge in [-0.25, -0.2) is 0 Å². The third-order valence-corrected chi connectivity index (χ3v) is 5.19. The van der Waals surface area contributed by atoms with E-state index in [2.05, 4.69) is 71.6 Å². The number of ether oxygens (including phenoxy) is 2. The minimum absolute atomic E-state index is 0.248. The van der Waals surface area contributed by atoms with Gasteiger partial charge in [0.05, 0.1) is 6.61 Å². The van der Waals surface area contributed by atoms with Crippen LogP contribution in [0.15, 0.2) is 66.7 Å². The maximum absolute atomic E-state index is 6.39. The van der Waals surface area contributed by atoms with Gasteiger partial charge in [-0.1, -0.05) is 54.6 Å². The summed E-state index contributed by atoms with van der Waals surface area (Å²) in [6.45, 7) is 5.81. The molecular weight excluding hydrogens is 334 g/mol. The fourth-order valence-electron chi connectivity index (χ4n) is 3.77. The molecule has 0 atom stereocenters. The molecule has 3 aromatic rings. The van der Waals surface area contributed by atoms with Crippen molar-refractivity contribution in [1.82, 2.24) is 4.90 Å². The summed E-state index contributed by atoms with van der Waals surface area (Å²) in [5, 5.41) is 2.38. The molecule has 0 unspecified atom stereocenters. The maximum atomic E-state index is 6.39. The topological polar surface area (TPSA) is 21.7 Å². The second kappa shape index (κ2) is 8.45. The Morgan fingerprint density at radius 3 is 2.15 bits per heavy atom. The van der Waals surface area contributed by atoms with Crippen LogP contribution in [-0.2, 0) is 6.54 Å². The van der Waals surface area contributed by atoms with Crippen molar-refractivity contribution in [2.45, 2.75) is 32.4 Å². The van der Waals surface area contributed by atoms with Gasteiger partial charge in [0.1, 0.15) is 6.10 Å². The average molecular weight is 361 g/mol. The van der Waals surface area contributed by atoms with E-state index < -0.39 is 0 Å². The SMILES string of the molecule is CCOc1cc2ccccc2cc1OC1CCN(Cc2ccccc2)CC1. The highest BCUT2D eigenvalue weighted by Gasteiger charge is 2.22. The van der Waals surface area contributed by atoms with Crippen molar-refractivity contribution in [3.8, 4) is 11.5 Å². The summed E-state index contributed by atoms with van der Waals surface area (Å²) in [7, 11) is 0. The Kier molecular flexibility index (Phi) is 5.59. The zero-order valence-electron chi connectivity index (χ0n) is 15.9. The summed E-state index contributed by atoms with van der Waals surface area (Å²) in [6.07, 6.45) is 2.34. The quantitative estimate of drug-likeness (QED) is 0.596. The third kappa shape index (κ3) is 4.42. The maximum Gasteiger partial charge on any atom is 0.162 e. The van der Waals surface area contributed by atoms with Crippen molar-refractivity contribution in [3.05, 3.63) is 72.3 Å². The van der Waals surface area contributed by atoms with Crippen LogP contribution >= 0.6 is 0 Å². The molecule has 0 amide bonds. The fourth-order valence-corrected chi connectivity index (χ4v) is 3.77. The number of likely N-dealkylation sites (tertiary alicyclic amines) is 1. The van der Waals surface area contributed by atoms with Crippen LogP contribution in [0.25, 0.3) is 10.8 Å². The van der Waals surface area contributed by atoms with Crippen LogP contribution in [-0.4, -0.2) is 30.7 Å². The van der Waals surface area contributed by atoms with Gasteiger partial charge in [-0.05, 0) is 48.2 Å². The van der Waals surface area contributed by atoms with Crippen molar-refractivity contribution >= 4 is 10.8 Å². The first kappa shape index (κ1) is 17.9. The minimum atomic E-state index is 0.248. The highest BCUT2D eigenvalue weighted by atomic mass is 16.5. The van der Waals surface area contributed by atoms with Gasteiger partial charge in [0.2, 0.25) is 0 Å². The zero-order valence-corrected chi connectivity index (χ0v) is 15.9. The van der Waals surface area contributed by atoms with Crippen LogP contribution in [0.3, 0.4) is 0 Å². The summed E-state index contributed by atoms with van der Waals surface area (Å²) in [5.74, 6) is 1.72. The molecule has 0 bridgehead atoms. The zero-order chi connectivity index (χ0) is 18.5. The van der Waals surface area contributed by atoms with Crippen molar-refractivity contribution in [3.63, 3.8) is 0 Å². The third-order valence-electron chi connectivity index (χ3n) is 5.19. The van der Waals surface area contributed by atoms with Gasteiger partial charge in [0, 0.05) is 19.6 Å². The van der Waals surface area contributed by atoms with E-state index in [-0.39, 0.29) is 6.10 Å². The lowest BCUT2D eigenvalue weighted by Gasteiger charge is -2.32. The predicted octanol–water partition coefficient (Wildman–Crippen LogP) is 5.28. The number of fused-ring (bicyclic) bond motifs is 1. The standard InChI is InChI=1S/C24H27NO2/c1-2-26-23-16-20-10-6-7-11-21(20)17-24(23)27-22-12-14-25(15-13-22)18-19-8-4-3-5-9-19/h3-11,16-17,22H,2,12-15,18H2,1H3. The number of piperidine rings is 1. The lowest BCUT2D eigenvalue weighted by Crippen LogP contribution is -2.37. The molecule has 4 rings (SSSR count). The second-order valence-corrected chi connectivity index (χ2v) is 7.16. The largest absolute Gasteiger partial charge is 0.490 e. The van der Waals surface area contributed by atoms with Crippen molar-refractivity contribution in [2.75, 3.05) is 19.7 Å². The van der Waals surface area contributed by atoms with Gasteiger partial charge in [-0.15, -0.1) is 0 Å². The number of hydrogen-bond donors (Lipinski definition) is 0. The Morgan fingerprint density at radius 2 is 1.48 bits per heavy atom. The number of rotatable bonds is 6. The van der Waals surface area contributed by atoms with Crippen LogP contribution in [0, 0.1) is 0 Å². The lowest BCUT2D eigenvalue weighted by atomic mass is 10.1. The van der Waals surface area contributed by atoms with E-state index >= 15 is 0 Å². The van der Waals surface area contributed by atoms with E-state index in [0.29, 0.717) is 6.61 Å². The molecule has 140 valence electrons. The first-order valence-corrected chi connectivity index (χ1v) is 9.90. The summed E-state index contributed by atoms with van der Waals surface area (Å²) < 4.78 is 12.2. The van der Waals surface area contributed by atoms with Gasteiger partial charge < -0.3 is 9.47 Å². The van der Waals surface area contributed by atoms with Crippen LogP contribution in [0.4, 0.5) is 0 Å². The minimum Gasteiger partial charge on any atom is -0.490 e. The van der Waals surface area contributed by atoms with Gasteiger partial charge in [0.25, 0.3) is 0 Å². The van der Waals surface area contributed by atoms with E-state index in [9.17, 15) is 0 Å². The van der Waals surface area contributed by atoms with Crippen LogP contribution in [0.5, 0.6) is 11.5 Å². The fraction of sp³-hybridized carbons (Fsp3) is 0.333. The summed E-state index contributed by atoms with van der Waals surface area (Å²) >= 11 is 0. The molecule has 1 saturated heterocycles. The number of nitrogens with zero attached hydrogens (tertiary/aromatic N) is 1. The monoisotopic (exact) mass is 361 g/mol. The Balaban J connectivity index is 1.41. The number of hydrogen-bond acceptors (Lipinski definition) is 3. The second-order valence-electron chi connectivity index (χ2n) is 7.16. The van der Waals surface area contributed by atoms with Crippen LogP contribution < -0.4 is 9.47 Å². The van der Waals surface area contributed by atoms with Crippen LogP contribution in [0.2, 0.25) is 0 Å². The van der Waals surface area contributed by atoms with E-state index in [0.717, 1.165) is 44.0 Å². The van der Waals surface area contributed by atoms with Crippen molar-refractivity contribution < 1.29 is 9.47 Å². The van der Waals surface area contributed by atoms with Gasteiger partial charge in [-0.2, -0.15) is 0 Å². The molecule has 27 heavy (non-hydrogen) atoms. The molecular formula is C24H27NO2. The highest BCUT2D eigenvalue weighted by Crippen LogP contribution is 2.34. The summed E-state index contributed by atoms with van der Waals surface area (Å²) in [5.41, 5.74) is 1.38. The normalized spacial score (nSPS) is 15.7. The van der Waals surface area contributed by atoms with Crippen molar-refractivity contribution in [2.24, 2.45) is 0 Å². The molecule has 0 aliphatic carbocycles. The molecule has 1 heterocycles. The molecule has 3 heteroatoms. The van der Waals surface area contributed by atoms with Gasteiger partial charge >= 0.3 is 0 Å². The van der Waals surface area contributed by atoms with E-state index in [1.165, 1.54) is 16.3 Å². The molecule has 1 aliphatic rings. The molecule has 0 radical (unpaired) electrons. The Hall–Kier alpha value is -2.52.